The van der Waals surface area contributed by atoms with Crippen molar-refractivity contribution in [3.05, 3.63) is 36.0 Å². The first-order chi connectivity index (χ1) is 12.2. The number of nitrogens with zero attached hydrogens (tertiary/aromatic N) is 3. The van der Waals surface area contributed by atoms with Gasteiger partial charge in [0.25, 0.3) is 5.91 Å². The van der Waals surface area contributed by atoms with Crippen LogP contribution in [0.1, 0.15) is 37.5 Å². The highest BCUT2D eigenvalue weighted by atomic mass is 19.1. The molecule has 1 aromatic heterocycles. The van der Waals surface area contributed by atoms with Crippen LogP contribution in [0.4, 0.5) is 4.39 Å². The molecule has 2 fully saturated rings. The second-order valence-electron chi connectivity index (χ2n) is 6.59. The van der Waals surface area contributed by atoms with Crippen LogP contribution in [0.25, 0.3) is 11.4 Å². The molecule has 25 heavy (non-hydrogen) atoms. The maximum Gasteiger partial charge on any atom is 0.251 e. The zero-order valence-electron chi connectivity index (χ0n) is 13.9. The van der Waals surface area contributed by atoms with Gasteiger partial charge < -0.3 is 14.2 Å². The summed E-state index contributed by atoms with van der Waals surface area (Å²) in [6, 6.07) is 6.11. The minimum Gasteiger partial charge on any atom is -0.368 e. The van der Waals surface area contributed by atoms with E-state index in [9.17, 15) is 9.18 Å². The van der Waals surface area contributed by atoms with E-state index in [0.29, 0.717) is 30.4 Å². The molecule has 2 saturated heterocycles. The van der Waals surface area contributed by atoms with Crippen LogP contribution in [0.3, 0.4) is 0 Å². The van der Waals surface area contributed by atoms with Crippen LogP contribution < -0.4 is 0 Å². The van der Waals surface area contributed by atoms with E-state index in [0.717, 1.165) is 32.2 Å². The fraction of sp³-hybridized carbons (Fsp3) is 0.500. The average molecular weight is 345 g/mol. The van der Waals surface area contributed by atoms with Crippen molar-refractivity contribution in [1.29, 1.82) is 0 Å². The topological polar surface area (TPSA) is 68.5 Å². The van der Waals surface area contributed by atoms with Crippen LogP contribution in [-0.4, -0.2) is 46.7 Å². The fourth-order valence-electron chi connectivity index (χ4n) is 3.50. The number of ether oxygens (including phenoxy) is 1. The average Bonchev–Trinajstić information content (AvgIpc) is 3.33. The summed E-state index contributed by atoms with van der Waals surface area (Å²) in [6.45, 7) is 1.96. The zero-order chi connectivity index (χ0) is 17.2. The van der Waals surface area contributed by atoms with Crippen molar-refractivity contribution in [3.63, 3.8) is 0 Å². The number of likely N-dealkylation sites (tertiary alicyclic amines) is 1. The van der Waals surface area contributed by atoms with Gasteiger partial charge in [0, 0.05) is 25.3 Å². The van der Waals surface area contributed by atoms with E-state index >= 15 is 0 Å². The molecule has 0 bridgehead atoms. The Hall–Kier alpha value is -2.28. The number of halogens is 1. The van der Waals surface area contributed by atoms with Gasteiger partial charge in [-0.15, -0.1) is 0 Å². The number of amides is 1. The molecule has 2 aliphatic heterocycles. The summed E-state index contributed by atoms with van der Waals surface area (Å²) in [5.41, 5.74) is 0.582. The molecule has 2 atom stereocenters. The van der Waals surface area contributed by atoms with Crippen molar-refractivity contribution < 1.29 is 18.4 Å². The van der Waals surface area contributed by atoms with Gasteiger partial charge in [-0.25, -0.2) is 4.39 Å². The summed E-state index contributed by atoms with van der Waals surface area (Å²) in [5.74, 6) is 0.608. The van der Waals surface area contributed by atoms with Crippen molar-refractivity contribution >= 4 is 5.91 Å². The van der Waals surface area contributed by atoms with Gasteiger partial charge in [-0.3, -0.25) is 4.79 Å². The second kappa shape index (κ2) is 6.92. The first kappa shape index (κ1) is 16.2. The van der Waals surface area contributed by atoms with E-state index in [1.165, 1.54) is 12.1 Å². The Kier molecular flexibility index (Phi) is 4.48. The number of piperidine rings is 1. The van der Waals surface area contributed by atoms with Crippen molar-refractivity contribution in [3.8, 4) is 11.4 Å². The van der Waals surface area contributed by atoms with Crippen LogP contribution >= 0.6 is 0 Å². The molecule has 1 aromatic carbocycles. The number of hydrogen-bond donors (Lipinski definition) is 0. The lowest BCUT2D eigenvalue weighted by atomic mass is 9.97. The first-order valence-electron chi connectivity index (χ1n) is 8.70. The Bertz CT molecular complexity index is 758. The quantitative estimate of drug-likeness (QED) is 0.856. The van der Waals surface area contributed by atoms with Crippen LogP contribution in [0.5, 0.6) is 0 Å². The lowest BCUT2D eigenvalue weighted by Gasteiger charge is -2.32. The van der Waals surface area contributed by atoms with Crippen LogP contribution in [-0.2, 0) is 9.53 Å². The van der Waals surface area contributed by atoms with Crippen molar-refractivity contribution in [2.24, 2.45) is 0 Å². The number of benzene rings is 1. The van der Waals surface area contributed by atoms with Gasteiger partial charge in [0.15, 0.2) is 0 Å². The van der Waals surface area contributed by atoms with Gasteiger partial charge in [0.2, 0.25) is 11.7 Å². The van der Waals surface area contributed by atoms with E-state index in [1.54, 1.807) is 12.1 Å². The minimum absolute atomic E-state index is 0.00825. The summed E-state index contributed by atoms with van der Waals surface area (Å²) in [5, 5.41) is 3.97. The van der Waals surface area contributed by atoms with Crippen molar-refractivity contribution in [2.45, 2.75) is 37.7 Å². The highest BCUT2D eigenvalue weighted by molar-refractivity contribution is 5.81. The molecule has 2 aliphatic rings. The van der Waals surface area contributed by atoms with Crippen LogP contribution in [0.15, 0.2) is 28.8 Å². The molecule has 1 amide bonds. The molecule has 6 nitrogen and oxygen atoms in total. The third-order valence-corrected chi connectivity index (χ3v) is 4.81. The van der Waals surface area contributed by atoms with E-state index < -0.39 is 0 Å². The summed E-state index contributed by atoms with van der Waals surface area (Å²) in [4.78, 5) is 18.8. The van der Waals surface area contributed by atoms with Gasteiger partial charge in [-0.05, 0) is 37.8 Å². The fourth-order valence-corrected chi connectivity index (χ4v) is 3.50. The number of rotatable bonds is 3. The molecule has 2 aromatic rings. The minimum atomic E-state index is -0.338. The molecule has 0 radical (unpaired) electrons. The Morgan fingerprint density at radius 3 is 3.00 bits per heavy atom. The van der Waals surface area contributed by atoms with E-state index in [2.05, 4.69) is 10.1 Å². The van der Waals surface area contributed by atoms with Gasteiger partial charge in [-0.1, -0.05) is 17.3 Å². The second-order valence-corrected chi connectivity index (χ2v) is 6.59. The maximum atomic E-state index is 13.4. The third-order valence-electron chi connectivity index (χ3n) is 4.81. The molecule has 0 unspecified atom stereocenters. The summed E-state index contributed by atoms with van der Waals surface area (Å²) in [7, 11) is 0. The van der Waals surface area contributed by atoms with Crippen molar-refractivity contribution in [1.82, 2.24) is 15.0 Å². The maximum absolute atomic E-state index is 13.4. The summed E-state index contributed by atoms with van der Waals surface area (Å²) >= 11 is 0. The molecule has 4 rings (SSSR count). The molecule has 0 aliphatic carbocycles. The van der Waals surface area contributed by atoms with Crippen molar-refractivity contribution in [2.75, 3.05) is 19.7 Å². The molecule has 3 heterocycles. The smallest absolute Gasteiger partial charge is 0.251 e. The molecule has 0 saturated carbocycles. The van der Waals surface area contributed by atoms with E-state index in [1.807, 2.05) is 4.90 Å². The van der Waals surface area contributed by atoms with Gasteiger partial charge in [-0.2, -0.15) is 4.98 Å². The van der Waals surface area contributed by atoms with Gasteiger partial charge >= 0.3 is 0 Å². The zero-order valence-corrected chi connectivity index (χ0v) is 13.9. The van der Waals surface area contributed by atoms with E-state index in [-0.39, 0.29) is 23.7 Å². The van der Waals surface area contributed by atoms with Gasteiger partial charge in [0.1, 0.15) is 11.9 Å². The van der Waals surface area contributed by atoms with Gasteiger partial charge in [0.05, 0.1) is 5.92 Å². The molecule has 0 spiro atoms. The first-order valence-corrected chi connectivity index (χ1v) is 8.70. The standard InChI is InChI=1S/C18H20FN3O3/c19-14-6-1-4-12(10-14)16-20-17(25-21-16)13-5-2-8-22(11-13)18(23)15-7-3-9-24-15/h1,4,6,10,13,15H,2-3,5,7-9,11H2/t13-,15+/m1/s1. The number of carbonyl (C=O) groups is 1. The Morgan fingerprint density at radius 1 is 1.28 bits per heavy atom. The van der Waals surface area contributed by atoms with Crippen LogP contribution in [0.2, 0.25) is 0 Å². The molecule has 0 N–H and O–H groups in total. The molecular formula is C18H20FN3O3. The lowest BCUT2D eigenvalue weighted by Crippen LogP contribution is -2.44. The summed E-state index contributed by atoms with van der Waals surface area (Å²) < 4.78 is 24.3. The normalized spacial score (nSPS) is 23.8. The highest BCUT2D eigenvalue weighted by Gasteiger charge is 2.33. The number of carbonyl (C=O) groups excluding carboxylic acids is 1. The molecular weight excluding hydrogens is 325 g/mol. The predicted molar refractivity (Wildman–Crippen MR) is 87.2 cm³/mol. The third kappa shape index (κ3) is 3.42. The van der Waals surface area contributed by atoms with Crippen LogP contribution in [0, 0.1) is 5.82 Å². The highest BCUT2D eigenvalue weighted by Crippen LogP contribution is 2.29. The predicted octanol–water partition coefficient (Wildman–Crippen LogP) is 2.76. The summed E-state index contributed by atoms with van der Waals surface area (Å²) in [6.07, 6.45) is 3.21. The Morgan fingerprint density at radius 2 is 2.20 bits per heavy atom. The largest absolute Gasteiger partial charge is 0.368 e. The SMILES string of the molecule is O=C([C@@H]1CCCO1)N1CCC[C@@H](c2nc(-c3cccc(F)c3)no2)C1. The lowest BCUT2D eigenvalue weighted by molar-refractivity contribution is -0.142. The monoisotopic (exact) mass is 345 g/mol. The molecule has 132 valence electrons. The number of aromatic nitrogens is 2. The number of hydrogen-bond acceptors (Lipinski definition) is 5. The van der Waals surface area contributed by atoms with E-state index in [4.69, 9.17) is 9.26 Å². The Labute approximate surface area is 145 Å². The molecule has 7 heteroatoms. The Balaban J connectivity index is 1.47.